The summed E-state index contributed by atoms with van der Waals surface area (Å²) in [4.78, 5) is 29.2. The number of hydrogen-bond donors (Lipinski definition) is 2. The summed E-state index contributed by atoms with van der Waals surface area (Å²) in [7, 11) is 0. The molecule has 4 aromatic rings. The molecule has 2 N–H and O–H groups in total. The number of benzene rings is 2. The Kier molecular flexibility index (Phi) is 3.97. The van der Waals surface area contributed by atoms with Crippen molar-refractivity contribution in [3.63, 3.8) is 0 Å². The highest BCUT2D eigenvalue weighted by Crippen LogP contribution is 2.21. The number of rotatable bonds is 3. The fraction of sp³-hybridized carbons (Fsp3) is 0.105. The second-order valence-electron chi connectivity index (χ2n) is 6.13. The zero-order valence-corrected chi connectivity index (χ0v) is 14.7. The van der Waals surface area contributed by atoms with Crippen molar-refractivity contribution in [2.45, 2.75) is 13.5 Å². The van der Waals surface area contributed by atoms with Crippen molar-refractivity contribution in [3.05, 3.63) is 69.6 Å². The maximum absolute atomic E-state index is 12.6. The predicted octanol–water partition coefficient (Wildman–Crippen LogP) is 3.48. The fourth-order valence-electron chi connectivity index (χ4n) is 2.91. The maximum atomic E-state index is 12.6. The highest BCUT2D eigenvalue weighted by atomic mass is 35.5. The van der Waals surface area contributed by atoms with Gasteiger partial charge in [0.2, 0.25) is 5.91 Å². The van der Waals surface area contributed by atoms with Gasteiger partial charge in [-0.15, -0.1) is 0 Å². The minimum atomic E-state index is -0.311. The highest BCUT2D eigenvalue weighted by molar-refractivity contribution is 6.30. The van der Waals surface area contributed by atoms with Gasteiger partial charge in [0.05, 0.1) is 16.4 Å². The van der Waals surface area contributed by atoms with Crippen molar-refractivity contribution < 1.29 is 4.79 Å². The minimum absolute atomic E-state index is 0.122. The van der Waals surface area contributed by atoms with Crippen LogP contribution in [0.3, 0.4) is 0 Å². The number of hydrogen-bond acceptors (Lipinski definition) is 3. The van der Waals surface area contributed by atoms with Gasteiger partial charge in [-0.2, -0.15) is 0 Å². The van der Waals surface area contributed by atoms with Crippen LogP contribution in [0.25, 0.3) is 21.8 Å². The molecule has 0 aliphatic carbocycles. The van der Waals surface area contributed by atoms with Crippen LogP contribution in [0.2, 0.25) is 5.02 Å². The molecule has 2 heterocycles. The monoisotopic (exact) mass is 366 g/mol. The van der Waals surface area contributed by atoms with Crippen LogP contribution in [0.1, 0.15) is 5.56 Å². The lowest BCUT2D eigenvalue weighted by Gasteiger charge is -2.05. The number of nitrogens with zero attached hydrogens (tertiary/aromatic N) is 2. The van der Waals surface area contributed by atoms with E-state index >= 15 is 0 Å². The Labute approximate surface area is 153 Å². The van der Waals surface area contributed by atoms with Crippen LogP contribution in [0.5, 0.6) is 0 Å². The first-order chi connectivity index (χ1) is 12.5. The molecular weight excluding hydrogens is 352 g/mol. The molecule has 0 radical (unpaired) electrons. The molecule has 2 aromatic heterocycles. The molecule has 26 heavy (non-hydrogen) atoms. The normalized spacial score (nSPS) is 11.2. The first kappa shape index (κ1) is 16.4. The molecule has 7 heteroatoms. The topological polar surface area (TPSA) is 79.8 Å². The molecule has 2 aromatic carbocycles. The van der Waals surface area contributed by atoms with Gasteiger partial charge in [0, 0.05) is 22.3 Å². The van der Waals surface area contributed by atoms with E-state index in [-0.39, 0.29) is 18.0 Å². The molecule has 130 valence electrons. The van der Waals surface area contributed by atoms with Crippen LogP contribution in [0, 0.1) is 6.92 Å². The maximum Gasteiger partial charge on any atom is 0.276 e. The number of carbonyl (C=O) groups is 1. The molecule has 4 rings (SSSR count). The van der Waals surface area contributed by atoms with E-state index in [1.54, 1.807) is 30.5 Å². The Morgan fingerprint density at radius 3 is 2.73 bits per heavy atom. The highest BCUT2D eigenvalue weighted by Gasteiger charge is 2.13. The van der Waals surface area contributed by atoms with E-state index in [0.717, 1.165) is 16.5 Å². The van der Waals surface area contributed by atoms with E-state index in [4.69, 9.17) is 11.6 Å². The first-order valence-corrected chi connectivity index (χ1v) is 8.42. The number of anilines is 1. The van der Waals surface area contributed by atoms with E-state index in [2.05, 4.69) is 15.4 Å². The van der Waals surface area contributed by atoms with Crippen molar-refractivity contribution in [3.8, 4) is 0 Å². The van der Waals surface area contributed by atoms with Gasteiger partial charge in [-0.25, -0.2) is 4.68 Å². The molecule has 0 bridgehead atoms. The Morgan fingerprint density at radius 1 is 1.19 bits per heavy atom. The molecule has 0 atom stereocenters. The Hall–Kier alpha value is -3.12. The molecule has 0 aliphatic rings. The molecular formula is C19H15ClN4O2. The molecule has 1 amide bonds. The largest absolute Gasteiger partial charge is 0.324 e. The number of H-pyrrole nitrogens is 1. The number of aryl methyl sites for hydroxylation is 1. The van der Waals surface area contributed by atoms with Gasteiger partial charge in [-0.05, 0) is 43.3 Å². The van der Waals surface area contributed by atoms with Crippen LogP contribution in [-0.2, 0) is 11.3 Å². The Morgan fingerprint density at radius 2 is 1.96 bits per heavy atom. The van der Waals surface area contributed by atoms with Gasteiger partial charge in [0.15, 0.2) is 0 Å². The summed E-state index contributed by atoms with van der Waals surface area (Å²) in [5.74, 6) is -0.311. The summed E-state index contributed by atoms with van der Waals surface area (Å²) in [5, 5.41) is 7.69. The third kappa shape index (κ3) is 2.95. The van der Waals surface area contributed by atoms with Crippen LogP contribution >= 0.6 is 11.6 Å². The van der Waals surface area contributed by atoms with Crippen molar-refractivity contribution >= 4 is 45.0 Å². The number of aromatic amines is 1. The zero-order valence-electron chi connectivity index (χ0n) is 13.9. The second kappa shape index (κ2) is 6.31. The van der Waals surface area contributed by atoms with Crippen molar-refractivity contribution in [1.82, 2.24) is 14.8 Å². The number of nitrogens with one attached hydrogen (secondary N) is 2. The first-order valence-electron chi connectivity index (χ1n) is 8.04. The third-order valence-corrected chi connectivity index (χ3v) is 4.43. The standard InChI is InChI=1S/C19H15ClN4O2/c1-11-2-7-16-14(8-11)18-15(9-21-16)19(26)24(23-18)10-17(25)22-13-5-3-12(20)4-6-13/h2-9,23H,10H2,1H3,(H,22,25). The predicted molar refractivity (Wildman–Crippen MR) is 103 cm³/mol. The van der Waals surface area contributed by atoms with Crippen molar-refractivity contribution in [2.75, 3.05) is 5.32 Å². The van der Waals surface area contributed by atoms with Gasteiger partial charge < -0.3 is 5.32 Å². The van der Waals surface area contributed by atoms with E-state index in [1.807, 2.05) is 25.1 Å². The number of halogens is 1. The molecule has 0 fully saturated rings. The number of aromatic nitrogens is 3. The average Bonchev–Trinajstić information content (AvgIpc) is 2.93. The molecule has 0 unspecified atom stereocenters. The lowest BCUT2D eigenvalue weighted by molar-refractivity contribution is -0.116. The zero-order chi connectivity index (χ0) is 18.3. The van der Waals surface area contributed by atoms with Gasteiger partial charge in [0.25, 0.3) is 5.56 Å². The van der Waals surface area contributed by atoms with Gasteiger partial charge in [0.1, 0.15) is 6.54 Å². The fourth-order valence-corrected chi connectivity index (χ4v) is 3.03. The Balaban J connectivity index is 1.68. The van der Waals surface area contributed by atoms with Gasteiger partial charge in [-0.3, -0.25) is 19.7 Å². The van der Waals surface area contributed by atoms with Crippen LogP contribution < -0.4 is 10.9 Å². The SMILES string of the molecule is Cc1ccc2ncc3c(=O)n(CC(=O)Nc4ccc(Cl)cc4)[nH]c3c2c1. The molecule has 0 aliphatic heterocycles. The van der Waals surface area contributed by atoms with Gasteiger partial charge in [-0.1, -0.05) is 23.2 Å². The van der Waals surface area contributed by atoms with Crippen LogP contribution in [0.4, 0.5) is 5.69 Å². The summed E-state index contributed by atoms with van der Waals surface area (Å²) in [6, 6.07) is 12.6. The summed E-state index contributed by atoms with van der Waals surface area (Å²) < 4.78 is 1.29. The number of carbonyl (C=O) groups excluding carboxylic acids is 1. The van der Waals surface area contributed by atoms with E-state index < -0.39 is 0 Å². The van der Waals surface area contributed by atoms with Crippen molar-refractivity contribution in [2.24, 2.45) is 0 Å². The molecule has 6 nitrogen and oxygen atoms in total. The minimum Gasteiger partial charge on any atom is -0.324 e. The van der Waals surface area contributed by atoms with E-state index in [9.17, 15) is 9.59 Å². The van der Waals surface area contributed by atoms with Gasteiger partial charge >= 0.3 is 0 Å². The van der Waals surface area contributed by atoms with Crippen LogP contribution in [-0.4, -0.2) is 20.7 Å². The number of amides is 1. The summed E-state index contributed by atoms with van der Waals surface area (Å²) in [5.41, 5.74) is 2.89. The third-order valence-electron chi connectivity index (χ3n) is 4.18. The Bertz CT molecular complexity index is 1190. The number of fused-ring (bicyclic) bond motifs is 3. The number of pyridine rings is 1. The molecule has 0 spiro atoms. The lowest BCUT2D eigenvalue weighted by atomic mass is 10.1. The average molecular weight is 367 g/mol. The quantitative estimate of drug-likeness (QED) is 0.582. The summed E-state index contributed by atoms with van der Waals surface area (Å²) in [6.45, 7) is 1.86. The lowest BCUT2D eigenvalue weighted by Crippen LogP contribution is -2.26. The summed E-state index contributed by atoms with van der Waals surface area (Å²) in [6.07, 6.45) is 1.54. The smallest absolute Gasteiger partial charge is 0.276 e. The summed E-state index contributed by atoms with van der Waals surface area (Å²) >= 11 is 5.83. The molecule has 0 saturated heterocycles. The second-order valence-corrected chi connectivity index (χ2v) is 6.56. The molecule has 0 saturated carbocycles. The van der Waals surface area contributed by atoms with E-state index in [1.165, 1.54) is 4.68 Å². The van der Waals surface area contributed by atoms with Crippen molar-refractivity contribution in [1.29, 1.82) is 0 Å². The van der Waals surface area contributed by atoms with E-state index in [0.29, 0.717) is 21.6 Å². The van der Waals surface area contributed by atoms with Crippen LogP contribution in [0.15, 0.2) is 53.5 Å².